The van der Waals surface area contributed by atoms with Crippen LogP contribution in [-0.2, 0) is 15.8 Å². The molecular formula is C12H16ClFN2O2S. The highest BCUT2D eigenvalue weighted by Crippen LogP contribution is 2.17. The Morgan fingerprint density at radius 1 is 1.47 bits per heavy atom. The molecular weight excluding hydrogens is 291 g/mol. The fourth-order valence-electron chi connectivity index (χ4n) is 2.10. The van der Waals surface area contributed by atoms with Crippen molar-refractivity contribution in [3.05, 3.63) is 34.6 Å². The number of rotatable bonds is 4. The lowest BCUT2D eigenvalue weighted by atomic mass is 10.1. The fourth-order valence-corrected chi connectivity index (χ4v) is 3.71. The van der Waals surface area contributed by atoms with Gasteiger partial charge in [0.15, 0.2) is 0 Å². The molecule has 4 nitrogen and oxygen atoms in total. The van der Waals surface area contributed by atoms with Gasteiger partial charge in [0.1, 0.15) is 5.82 Å². The van der Waals surface area contributed by atoms with E-state index in [9.17, 15) is 12.8 Å². The van der Waals surface area contributed by atoms with E-state index in [2.05, 4.69) is 10.0 Å². The van der Waals surface area contributed by atoms with Crippen molar-refractivity contribution < 1.29 is 12.8 Å². The molecule has 1 aromatic rings. The molecule has 1 aromatic carbocycles. The molecule has 0 amide bonds. The molecule has 1 fully saturated rings. The molecule has 0 radical (unpaired) electrons. The highest BCUT2D eigenvalue weighted by molar-refractivity contribution is 7.88. The lowest BCUT2D eigenvalue weighted by molar-refractivity contribution is 0.428. The number of piperidine rings is 1. The van der Waals surface area contributed by atoms with Crippen molar-refractivity contribution >= 4 is 21.6 Å². The molecule has 1 saturated heterocycles. The van der Waals surface area contributed by atoms with E-state index in [1.54, 1.807) is 0 Å². The van der Waals surface area contributed by atoms with Crippen LogP contribution in [0.15, 0.2) is 18.2 Å². The van der Waals surface area contributed by atoms with E-state index in [1.807, 2.05) is 0 Å². The van der Waals surface area contributed by atoms with Gasteiger partial charge in [0.2, 0.25) is 10.0 Å². The van der Waals surface area contributed by atoms with E-state index in [-0.39, 0.29) is 16.8 Å². The first-order valence-electron chi connectivity index (χ1n) is 6.11. The van der Waals surface area contributed by atoms with Crippen LogP contribution in [0.2, 0.25) is 5.02 Å². The molecule has 7 heteroatoms. The van der Waals surface area contributed by atoms with Crippen LogP contribution in [0.4, 0.5) is 4.39 Å². The molecule has 0 bridgehead atoms. The molecule has 1 aliphatic heterocycles. The predicted molar refractivity (Wildman–Crippen MR) is 73.1 cm³/mol. The third kappa shape index (κ3) is 4.42. The van der Waals surface area contributed by atoms with E-state index in [1.165, 1.54) is 18.2 Å². The summed E-state index contributed by atoms with van der Waals surface area (Å²) in [7, 11) is -3.43. The molecule has 0 aliphatic carbocycles. The zero-order valence-electron chi connectivity index (χ0n) is 10.3. The Kier molecular flexibility index (Phi) is 4.78. The van der Waals surface area contributed by atoms with Crippen molar-refractivity contribution in [1.29, 1.82) is 0 Å². The molecule has 2 rings (SSSR count). The van der Waals surface area contributed by atoms with Gasteiger partial charge in [-0.1, -0.05) is 17.7 Å². The van der Waals surface area contributed by atoms with Gasteiger partial charge >= 0.3 is 0 Å². The Labute approximate surface area is 117 Å². The first kappa shape index (κ1) is 14.7. The van der Waals surface area contributed by atoms with Crippen LogP contribution in [0.5, 0.6) is 0 Å². The zero-order chi connectivity index (χ0) is 13.9. The molecule has 19 heavy (non-hydrogen) atoms. The number of hydrogen-bond donors (Lipinski definition) is 2. The van der Waals surface area contributed by atoms with Crippen molar-refractivity contribution in [2.75, 3.05) is 13.1 Å². The maximum absolute atomic E-state index is 13.0. The van der Waals surface area contributed by atoms with Gasteiger partial charge in [0, 0.05) is 12.6 Å². The third-order valence-corrected chi connectivity index (χ3v) is 4.68. The first-order valence-corrected chi connectivity index (χ1v) is 8.14. The summed E-state index contributed by atoms with van der Waals surface area (Å²) < 4.78 is 39.6. The van der Waals surface area contributed by atoms with Gasteiger partial charge in [-0.2, -0.15) is 0 Å². The van der Waals surface area contributed by atoms with Crippen molar-refractivity contribution in [2.45, 2.75) is 24.6 Å². The molecule has 1 aliphatic rings. The van der Waals surface area contributed by atoms with Gasteiger partial charge < -0.3 is 5.32 Å². The normalized spacial score (nSPS) is 20.4. The third-order valence-electron chi connectivity index (χ3n) is 2.98. The number of sulfonamides is 1. The van der Waals surface area contributed by atoms with Crippen molar-refractivity contribution in [2.24, 2.45) is 0 Å². The van der Waals surface area contributed by atoms with E-state index in [4.69, 9.17) is 11.6 Å². The van der Waals surface area contributed by atoms with Crippen LogP contribution in [-0.4, -0.2) is 27.5 Å². The Balaban J connectivity index is 2.01. The minimum absolute atomic E-state index is 0.0629. The molecule has 2 N–H and O–H groups in total. The summed E-state index contributed by atoms with van der Waals surface area (Å²) >= 11 is 5.63. The van der Waals surface area contributed by atoms with Gasteiger partial charge in [0.25, 0.3) is 0 Å². The van der Waals surface area contributed by atoms with Crippen molar-refractivity contribution in [3.63, 3.8) is 0 Å². The second kappa shape index (κ2) is 6.17. The minimum Gasteiger partial charge on any atom is -0.315 e. The minimum atomic E-state index is -3.43. The van der Waals surface area contributed by atoms with Gasteiger partial charge in [-0.15, -0.1) is 0 Å². The highest BCUT2D eigenvalue weighted by Gasteiger charge is 2.20. The summed E-state index contributed by atoms with van der Waals surface area (Å²) in [4.78, 5) is 0. The standard InChI is InChI=1S/C12H16ClFN2O2S/c13-11-6-9(3-4-12(11)14)8-19(17,18)16-10-2-1-5-15-7-10/h3-4,6,10,15-16H,1-2,5,7-8H2. The number of benzene rings is 1. The summed E-state index contributed by atoms with van der Waals surface area (Å²) in [6.45, 7) is 1.56. The largest absolute Gasteiger partial charge is 0.315 e. The van der Waals surface area contributed by atoms with Gasteiger partial charge in [0.05, 0.1) is 10.8 Å². The van der Waals surface area contributed by atoms with E-state index < -0.39 is 15.8 Å². The average Bonchev–Trinajstić information content (AvgIpc) is 2.34. The molecule has 1 atom stereocenters. The molecule has 1 heterocycles. The zero-order valence-corrected chi connectivity index (χ0v) is 11.9. The van der Waals surface area contributed by atoms with Crippen LogP contribution in [0.25, 0.3) is 0 Å². The molecule has 1 unspecified atom stereocenters. The maximum atomic E-state index is 13.0. The monoisotopic (exact) mass is 306 g/mol. The van der Waals surface area contributed by atoms with Crippen LogP contribution in [0.3, 0.4) is 0 Å². The number of hydrogen-bond acceptors (Lipinski definition) is 3. The smallest absolute Gasteiger partial charge is 0.216 e. The van der Waals surface area contributed by atoms with E-state index >= 15 is 0 Å². The summed E-state index contributed by atoms with van der Waals surface area (Å²) in [5.74, 6) is -0.740. The van der Waals surface area contributed by atoms with Gasteiger partial charge in [-0.05, 0) is 37.1 Å². The maximum Gasteiger partial charge on any atom is 0.216 e. The lowest BCUT2D eigenvalue weighted by Gasteiger charge is -2.23. The molecule has 0 spiro atoms. The molecule has 0 saturated carbocycles. The summed E-state index contributed by atoms with van der Waals surface area (Å²) in [5, 5.41) is 3.08. The highest BCUT2D eigenvalue weighted by atomic mass is 35.5. The van der Waals surface area contributed by atoms with Gasteiger partial charge in [-0.3, -0.25) is 0 Å². The number of halogens is 2. The Morgan fingerprint density at radius 2 is 2.26 bits per heavy atom. The Morgan fingerprint density at radius 3 is 2.89 bits per heavy atom. The number of nitrogens with one attached hydrogen (secondary N) is 2. The van der Waals surface area contributed by atoms with Gasteiger partial charge in [-0.25, -0.2) is 17.5 Å². The Hall–Kier alpha value is -0.690. The first-order chi connectivity index (χ1) is 8.96. The quantitative estimate of drug-likeness (QED) is 0.889. The van der Waals surface area contributed by atoms with E-state index in [0.29, 0.717) is 12.1 Å². The summed E-state index contributed by atoms with van der Waals surface area (Å²) in [6, 6.07) is 3.87. The summed E-state index contributed by atoms with van der Waals surface area (Å²) in [6.07, 6.45) is 1.78. The second-order valence-electron chi connectivity index (χ2n) is 4.67. The molecule has 0 aromatic heterocycles. The fraction of sp³-hybridized carbons (Fsp3) is 0.500. The van der Waals surface area contributed by atoms with Crippen LogP contribution in [0, 0.1) is 5.82 Å². The van der Waals surface area contributed by atoms with Crippen LogP contribution in [0.1, 0.15) is 18.4 Å². The Bertz CT molecular complexity index is 545. The predicted octanol–water partition coefficient (Wildman–Crippen LogP) is 1.65. The topological polar surface area (TPSA) is 58.2 Å². The molecule has 106 valence electrons. The summed E-state index contributed by atoms with van der Waals surface area (Å²) in [5.41, 5.74) is 0.475. The van der Waals surface area contributed by atoms with Crippen LogP contribution < -0.4 is 10.0 Å². The van der Waals surface area contributed by atoms with Crippen molar-refractivity contribution in [1.82, 2.24) is 10.0 Å². The van der Waals surface area contributed by atoms with Crippen molar-refractivity contribution in [3.8, 4) is 0 Å². The second-order valence-corrected chi connectivity index (χ2v) is 6.83. The average molecular weight is 307 g/mol. The van der Waals surface area contributed by atoms with Crippen LogP contribution >= 0.6 is 11.6 Å². The lowest BCUT2D eigenvalue weighted by Crippen LogP contribution is -2.45. The SMILES string of the molecule is O=S(=O)(Cc1ccc(F)c(Cl)c1)NC1CCCNC1. The van der Waals surface area contributed by atoms with E-state index in [0.717, 1.165) is 19.4 Å².